The summed E-state index contributed by atoms with van der Waals surface area (Å²) in [6, 6.07) is 6.96. The first-order chi connectivity index (χ1) is 19.1. The number of aliphatic hydroxyl groups excluding tert-OH is 1. The summed E-state index contributed by atoms with van der Waals surface area (Å²) in [6.45, 7) is 1.76. The number of nitrogens with one attached hydrogen (secondary N) is 3. The third-order valence-electron chi connectivity index (χ3n) is 6.50. The Morgan fingerprint density at radius 2 is 2.00 bits per heavy atom. The molecule has 1 unspecified atom stereocenters. The highest BCUT2D eigenvalue weighted by atomic mass is 16.5. The van der Waals surface area contributed by atoms with Crippen molar-refractivity contribution in [3.05, 3.63) is 35.9 Å². The maximum absolute atomic E-state index is 13.1. The van der Waals surface area contributed by atoms with Crippen molar-refractivity contribution < 1.29 is 24.0 Å². The maximum atomic E-state index is 13.1. The van der Waals surface area contributed by atoms with E-state index in [1.807, 2.05) is 23.5 Å². The Bertz CT molecular complexity index is 1410. The van der Waals surface area contributed by atoms with Gasteiger partial charge in [-0.05, 0) is 36.6 Å². The monoisotopic (exact) mass is 544 g/mol. The molecule has 1 saturated heterocycles. The number of methoxy groups -OCH3 is 1. The Balaban J connectivity index is 1.44. The highest BCUT2D eigenvalue weighted by molar-refractivity contribution is 6.60. The second-order valence-electron chi connectivity index (χ2n) is 11.2. The molecule has 1 saturated carbocycles. The molecule has 2 amide bonds. The lowest BCUT2D eigenvalue weighted by Crippen LogP contribution is -2.50. The van der Waals surface area contributed by atoms with Crippen molar-refractivity contribution in [3.8, 4) is 17.1 Å². The van der Waals surface area contributed by atoms with E-state index in [0.717, 1.165) is 19.4 Å². The van der Waals surface area contributed by atoms with E-state index in [4.69, 9.17) is 9.26 Å². The molecule has 2 aliphatic rings. The van der Waals surface area contributed by atoms with Crippen LogP contribution in [-0.4, -0.2) is 97.2 Å². The maximum Gasteiger partial charge on any atom is 0.272 e. The van der Waals surface area contributed by atoms with Crippen molar-refractivity contribution in [2.45, 2.75) is 37.1 Å². The molecule has 40 heavy (non-hydrogen) atoms. The molecular formula is C24H31B3N8O5. The second kappa shape index (κ2) is 11.3. The summed E-state index contributed by atoms with van der Waals surface area (Å²) >= 11 is 0. The van der Waals surface area contributed by atoms with Gasteiger partial charge in [0.2, 0.25) is 17.6 Å². The highest BCUT2D eigenvalue weighted by Gasteiger charge is 2.30. The van der Waals surface area contributed by atoms with Gasteiger partial charge < -0.3 is 30.3 Å². The predicted octanol–water partition coefficient (Wildman–Crippen LogP) is -1.57. The largest absolute Gasteiger partial charge is 0.494 e. The van der Waals surface area contributed by atoms with Gasteiger partial charge >= 0.3 is 0 Å². The van der Waals surface area contributed by atoms with Crippen LogP contribution in [0.3, 0.4) is 0 Å². The van der Waals surface area contributed by atoms with Gasteiger partial charge in [-0.2, -0.15) is 4.98 Å². The SMILES string of the molecule is BC(B)(B)NC(=O)c1nnc(NC(=O)C2CC2)cc1Nc1cccc(-c2noc(CN3CCC(O)C3)n2)c1OC. The average molecular weight is 544 g/mol. The molecular weight excluding hydrogens is 513 g/mol. The summed E-state index contributed by atoms with van der Waals surface area (Å²) in [4.78, 5) is 32.0. The summed E-state index contributed by atoms with van der Waals surface area (Å²) in [5, 5.41) is 30.6. The molecule has 3 aromatic rings. The third-order valence-corrected chi connectivity index (χ3v) is 6.50. The van der Waals surface area contributed by atoms with Gasteiger partial charge in [-0.1, -0.05) is 11.2 Å². The normalized spacial score (nSPS) is 17.4. The van der Waals surface area contributed by atoms with Crippen LogP contribution < -0.4 is 20.7 Å². The number of carbonyl (C=O) groups excluding carboxylic acids is 2. The summed E-state index contributed by atoms with van der Waals surface area (Å²) in [5.41, 5.74) is 1.49. The van der Waals surface area contributed by atoms with Crippen LogP contribution in [0.4, 0.5) is 17.2 Å². The molecule has 0 radical (unpaired) electrons. The number of rotatable bonds is 10. The third kappa shape index (κ3) is 6.62. The number of carbonyl (C=O) groups is 2. The Morgan fingerprint density at radius 1 is 1.20 bits per heavy atom. The van der Waals surface area contributed by atoms with Crippen LogP contribution in [0.2, 0.25) is 0 Å². The van der Waals surface area contributed by atoms with E-state index in [-0.39, 0.29) is 29.4 Å². The van der Waals surface area contributed by atoms with E-state index in [0.29, 0.717) is 53.9 Å². The number of benzene rings is 1. The standard InChI is InChI=1S/C24H31B3N8O5/c1-39-20-14(21-30-18(40-34-21)11-35-8-7-13(36)10-35)3-2-4-15(20)28-16-9-17(29-22(37)12-5-6-12)32-33-19(16)23(38)31-24(25,26)27/h2-4,9,12-13,36H,5-8,10-11,25-27H2,1H3,(H,31,38)(H2,28,29,32,37). The molecule has 0 bridgehead atoms. The van der Waals surface area contributed by atoms with Gasteiger partial charge in [0, 0.05) is 25.1 Å². The van der Waals surface area contributed by atoms with Crippen LogP contribution in [-0.2, 0) is 11.3 Å². The van der Waals surface area contributed by atoms with Crippen LogP contribution in [0.5, 0.6) is 5.75 Å². The molecule has 3 heterocycles. The molecule has 206 valence electrons. The van der Waals surface area contributed by atoms with E-state index in [1.54, 1.807) is 24.3 Å². The van der Waals surface area contributed by atoms with Crippen molar-refractivity contribution in [1.82, 2.24) is 30.6 Å². The van der Waals surface area contributed by atoms with E-state index >= 15 is 0 Å². The highest BCUT2D eigenvalue weighted by Crippen LogP contribution is 2.37. The molecule has 4 N–H and O–H groups in total. The molecule has 2 aromatic heterocycles. The van der Waals surface area contributed by atoms with Gasteiger partial charge in [0.1, 0.15) is 23.5 Å². The summed E-state index contributed by atoms with van der Waals surface area (Å²) in [7, 11) is 7.13. The van der Waals surface area contributed by atoms with Crippen LogP contribution in [0, 0.1) is 5.92 Å². The number of anilines is 3. The van der Waals surface area contributed by atoms with Gasteiger partial charge in [0.15, 0.2) is 17.3 Å². The van der Waals surface area contributed by atoms with E-state index in [2.05, 4.69) is 41.2 Å². The van der Waals surface area contributed by atoms with Crippen molar-refractivity contribution in [3.63, 3.8) is 0 Å². The van der Waals surface area contributed by atoms with E-state index in [1.165, 1.54) is 7.11 Å². The van der Waals surface area contributed by atoms with Gasteiger partial charge in [-0.15, -0.1) is 10.2 Å². The molecule has 0 spiro atoms. The second-order valence-corrected chi connectivity index (χ2v) is 11.2. The van der Waals surface area contributed by atoms with Crippen LogP contribution in [0.25, 0.3) is 11.4 Å². The van der Waals surface area contributed by atoms with Crippen LogP contribution in [0.1, 0.15) is 35.6 Å². The minimum absolute atomic E-state index is 0.0192. The first-order valence-corrected chi connectivity index (χ1v) is 13.3. The minimum Gasteiger partial charge on any atom is -0.494 e. The van der Waals surface area contributed by atoms with Gasteiger partial charge in [0.05, 0.1) is 36.7 Å². The number of aliphatic hydroxyl groups is 1. The number of hydrogen-bond acceptors (Lipinski definition) is 11. The molecule has 1 aliphatic heterocycles. The number of nitrogens with zero attached hydrogens (tertiary/aromatic N) is 5. The van der Waals surface area contributed by atoms with Crippen molar-refractivity contribution in [2.24, 2.45) is 5.92 Å². The topological polar surface area (TPSA) is 168 Å². The lowest BCUT2D eigenvalue weighted by molar-refractivity contribution is -0.117. The summed E-state index contributed by atoms with van der Waals surface area (Å²) in [5.74, 6) is 0.863. The lowest BCUT2D eigenvalue weighted by atomic mass is 9.49. The van der Waals surface area contributed by atoms with Gasteiger partial charge in [-0.25, -0.2) is 0 Å². The Morgan fingerprint density at radius 3 is 2.67 bits per heavy atom. The quantitative estimate of drug-likeness (QED) is 0.218. The molecule has 13 nitrogen and oxygen atoms in total. The lowest BCUT2D eigenvalue weighted by Gasteiger charge is -2.21. The van der Waals surface area contributed by atoms with Crippen molar-refractivity contribution in [2.75, 3.05) is 30.8 Å². The first kappa shape index (κ1) is 27.7. The van der Waals surface area contributed by atoms with Crippen LogP contribution in [0.15, 0.2) is 28.8 Å². The van der Waals surface area contributed by atoms with Gasteiger partial charge in [-0.3, -0.25) is 14.5 Å². The Labute approximate surface area is 234 Å². The molecule has 16 heteroatoms. The summed E-state index contributed by atoms with van der Waals surface area (Å²) in [6.07, 6.45) is 2.07. The van der Waals surface area contributed by atoms with E-state index in [9.17, 15) is 14.7 Å². The number of para-hydroxylation sites is 1. The average Bonchev–Trinajstić information content (AvgIpc) is 3.52. The predicted molar refractivity (Wildman–Crippen MR) is 155 cm³/mol. The molecule has 5 rings (SSSR count). The van der Waals surface area contributed by atoms with Gasteiger partial charge in [0.25, 0.3) is 5.91 Å². The van der Waals surface area contributed by atoms with Crippen LogP contribution >= 0.6 is 0 Å². The number of hydrogen-bond donors (Lipinski definition) is 4. The fourth-order valence-corrected chi connectivity index (χ4v) is 4.44. The zero-order valence-corrected chi connectivity index (χ0v) is 23.0. The number of aromatic nitrogens is 4. The molecule has 1 atom stereocenters. The number of β-amino-alcohol motifs (C(OH)–C–C–N with tert-alkyl or cyclic N) is 1. The van der Waals surface area contributed by atoms with Crippen molar-refractivity contribution >= 4 is 52.5 Å². The van der Waals surface area contributed by atoms with Crippen molar-refractivity contribution in [1.29, 1.82) is 0 Å². The summed E-state index contributed by atoms with van der Waals surface area (Å²) < 4.78 is 11.2. The molecule has 1 aliphatic carbocycles. The first-order valence-electron chi connectivity index (χ1n) is 13.3. The van der Waals surface area contributed by atoms with E-state index < -0.39 is 11.1 Å². The Hall–Kier alpha value is -3.91. The Kier molecular flexibility index (Phi) is 7.81. The molecule has 1 aromatic carbocycles. The number of ether oxygens (including phenoxy) is 1. The smallest absolute Gasteiger partial charge is 0.272 e. The molecule has 2 fully saturated rings. The fourth-order valence-electron chi connectivity index (χ4n) is 4.44. The zero-order valence-electron chi connectivity index (χ0n) is 23.0. The number of likely N-dealkylation sites (tertiary alicyclic amines) is 1. The fraction of sp³-hybridized carbons (Fsp3) is 0.417. The minimum atomic E-state index is -0.504. The zero-order chi connectivity index (χ0) is 28.4. The number of amides is 2.